The number of hydrogen-bond donors (Lipinski definition) is 0. The molecule has 1 fully saturated rings. The van der Waals surface area contributed by atoms with Crippen molar-refractivity contribution in [1.82, 2.24) is 4.31 Å². The molecule has 0 aliphatic carbocycles. The molecule has 3 rings (SSSR count). The lowest BCUT2D eigenvalue weighted by Crippen LogP contribution is -2.40. The third kappa shape index (κ3) is 3.88. The highest BCUT2D eigenvalue weighted by atomic mass is 32.2. The molecule has 1 aromatic heterocycles. The lowest BCUT2D eigenvalue weighted by atomic mass is 9.98. The van der Waals surface area contributed by atoms with Crippen LogP contribution in [0.15, 0.2) is 39.9 Å². The summed E-state index contributed by atoms with van der Waals surface area (Å²) in [5.41, 5.74) is 0. The first-order valence-corrected chi connectivity index (χ1v) is 9.90. The van der Waals surface area contributed by atoms with Crippen molar-refractivity contribution >= 4 is 27.3 Å². The summed E-state index contributed by atoms with van der Waals surface area (Å²) in [4.78, 5) is 12.1. The highest BCUT2D eigenvalue weighted by Gasteiger charge is 2.33. The van der Waals surface area contributed by atoms with Crippen molar-refractivity contribution in [2.75, 3.05) is 13.1 Å². The summed E-state index contributed by atoms with van der Waals surface area (Å²) < 4.78 is 57.6. The lowest BCUT2D eigenvalue weighted by Gasteiger charge is -2.29. The van der Waals surface area contributed by atoms with Crippen LogP contribution in [0.1, 0.15) is 12.8 Å². The molecule has 1 saturated heterocycles. The Kier molecular flexibility index (Phi) is 5.16. The number of piperidine rings is 1. The van der Waals surface area contributed by atoms with Gasteiger partial charge in [-0.3, -0.25) is 4.79 Å². The number of nitrogens with zero attached hydrogens (tertiary/aromatic N) is 1. The fourth-order valence-electron chi connectivity index (χ4n) is 2.61. The van der Waals surface area contributed by atoms with Crippen LogP contribution in [0.25, 0.3) is 0 Å². The van der Waals surface area contributed by atoms with E-state index in [2.05, 4.69) is 0 Å². The number of halogens is 2. The van der Waals surface area contributed by atoms with E-state index in [4.69, 9.17) is 4.74 Å². The van der Waals surface area contributed by atoms with E-state index < -0.39 is 33.5 Å². The summed E-state index contributed by atoms with van der Waals surface area (Å²) in [6.45, 7) is 0.412. The van der Waals surface area contributed by atoms with Gasteiger partial charge in [0.2, 0.25) is 0 Å². The van der Waals surface area contributed by atoms with Gasteiger partial charge < -0.3 is 4.74 Å². The Balaban J connectivity index is 1.60. The van der Waals surface area contributed by atoms with Crippen molar-refractivity contribution in [2.45, 2.75) is 17.1 Å². The number of carbonyl (C=O) groups is 1. The van der Waals surface area contributed by atoms with Crippen LogP contribution in [0.2, 0.25) is 0 Å². The molecule has 1 aliphatic rings. The first kappa shape index (κ1) is 18.0. The molecule has 5 nitrogen and oxygen atoms in total. The van der Waals surface area contributed by atoms with E-state index in [1.54, 1.807) is 17.5 Å². The first-order chi connectivity index (χ1) is 11.9. The third-order valence-corrected chi connectivity index (χ3v) is 7.26. The smallest absolute Gasteiger partial charge is 0.314 e. The Morgan fingerprint density at radius 1 is 1.16 bits per heavy atom. The molecular weight excluding hydrogens is 372 g/mol. The average molecular weight is 387 g/mol. The van der Waals surface area contributed by atoms with Gasteiger partial charge in [0, 0.05) is 19.2 Å². The van der Waals surface area contributed by atoms with Gasteiger partial charge in [0.05, 0.1) is 5.92 Å². The highest BCUT2D eigenvalue weighted by Crippen LogP contribution is 2.27. The molecule has 2 aromatic rings. The number of carbonyl (C=O) groups excluding carboxylic acids is 1. The van der Waals surface area contributed by atoms with E-state index in [1.165, 1.54) is 10.4 Å². The largest absolute Gasteiger partial charge is 0.426 e. The van der Waals surface area contributed by atoms with E-state index in [0.717, 1.165) is 23.5 Å². The zero-order valence-electron chi connectivity index (χ0n) is 13.0. The first-order valence-electron chi connectivity index (χ1n) is 7.58. The van der Waals surface area contributed by atoms with Crippen molar-refractivity contribution in [1.29, 1.82) is 0 Å². The number of rotatable bonds is 4. The molecule has 9 heteroatoms. The number of ether oxygens (including phenoxy) is 1. The van der Waals surface area contributed by atoms with Crippen LogP contribution in [0.5, 0.6) is 5.75 Å². The summed E-state index contributed by atoms with van der Waals surface area (Å²) in [5.74, 6) is -3.24. The van der Waals surface area contributed by atoms with Crippen LogP contribution < -0.4 is 4.74 Å². The molecule has 0 saturated carbocycles. The summed E-state index contributed by atoms with van der Waals surface area (Å²) in [5, 5.41) is 1.69. The summed E-state index contributed by atoms with van der Waals surface area (Å²) >= 11 is 1.15. The predicted molar refractivity (Wildman–Crippen MR) is 87.8 cm³/mol. The molecule has 0 bridgehead atoms. The van der Waals surface area contributed by atoms with E-state index in [0.29, 0.717) is 12.8 Å². The fourth-order valence-corrected chi connectivity index (χ4v) is 5.22. The zero-order valence-corrected chi connectivity index (χ0v) is 14.7. The fraction of sp³-hybridized carbons (Fsp3) is 0.312. The molecule has 0 atom stereocenters. The monoisotopic (exact) mass is 387 g/mol. The minimum absolute atomic E-state index is 0.0717. The SMILES string of the molecule is O=C(Oc1ccc(F)c(F)c1)C1CCN(S(=O)(=O)c2cccs2)CC1. The molecule has 2 heterocycles. The van der Waals surface area contributed by atoms with Crippen LogP contribution in [0, 0.1) is 17.6 Å². The standard InChI is InChI=1S/C16H15F2NO4S2/c17-13-4-3-12(10-14(13)18)23-16(20)11-5-7-19(8-6-11)25(21,22)15-2-1-9-24-15/h1-4,9-11H,5-8H2. The Morgan fingerprint density at radius 3 is 2.48 bits per heavy atom. The molecule has 134 valence electrons. The maximum atomic E-state index is 13.2. The number of benzene rings is 1. The molecule has 0 amide bonds. The van der Waals surface area contributed by atoms with Gasteiger partial charge in [-0.15, -0.1) is 11.3 Å². The topological polar surface area (TPSA) is 63.7 Å². The second-order valence-electron chi connectivity index (χ2n) is 5.61. The van der Waals surface area contributed by atoms with Gasteiger partial charge in [0.15, 0.2) is 11.6 Å². The summed E-state index contributed by atoms with van der Waals surface area (Å²) in [7, 11) is -3.53. The summed E-state index contributed by atoms with van der Waals surface area (Å²) in [6, 6.07) is 6.08. The van der Waals surface area contributed by atoms with Gasteiger partial charge in [-0.1, -0.05) is 6.07 Å². The Labute approximate surface area is 147 Å². The number of sulfonamides is 1. The number of hydrogen-bond acceptors (Lipinski definition) is 5. The van der Waals surface area contributed by atoms with E-state index in [1.807, 2.05) is 0 Å². The van der Waals surface area contributed by atoms with Crippen molar-refractivity contribution < 1.29 is 26.7 Å². The van der Waals surface area contributed by atoms with Gasteiger partial charge in [0.25, 0.3) is 10.0 Å². The lowest BCUT2D eigenvalue weighted by molar-refractivity contribution is -0.140. The van der Waals surface area contributed by atoms with Gasteiger partial charge in [-0.25, -0.2) is 17.2 Å². The average Bonchev–Trinajstić information content (AvgIpc) is 3.14. The van der Waals surface area contributed by atoms with Gasteiger partial charge >= 0.3 is 5.97 Å². The van der Waals surface area contributed by atoms with Crippen LogP contribution in [-0.2, 0) is 14.8 Å². The summed E-state index contributed by atoms with van der Waals surface area (Å²) in [6.07, 6.45) is 0.625. The quantitative estimate of drug-likeness (QED) is 0.598. The molecule has 25 heavy (non-hydrogen) atoms. The van der Waals surface area contributed by atoms with Crippen LogP contribution >= 0.6 is 11.3 Å². The molecule has 1 aliphatic heterocycles. The predicted octanol–water partition coefficient (Wildman–Crippen LogP) is 3.03. The van der Waals surface area contributed by atoms with Crippen LogP contribution in [-0.4, -0.2) is 31.8 Å². The maximum absolute atomic E-state index is 13.2. The Morgan fingerprint density at radius 2 is 1.88 bits per heavy atom. The molecule has 0 N–H and O–H groups in total. The minimum atomic E-state index is -3.53. The zero-order chi connectivity index (χ0) is 18.0. The highest BCUT2D eigenvalue weighted by molar-refractivity contribution is 7.91. The number of thiophene rings is 1. The van der Waals surface area contributed by atoms with Crippen LogP contribution in [0.4, 0.5) is 8.78 Å². The van der Waals surface area contributed by atoms with E-state index >= 15 is 0 Å². The van der Waals surface area contributed by atoms with E-state index in [9.17, 15) is 22.0 Å². The van der Waals surface area contributed by atoms with Gasteiger partial charge in [0.1, 0.15) is 9.96 Å². The molecule has 0 unspecified atom stereocenters. The van der Waals surface area contributed by atoms with Gasteiger partial charge in [-0.2, -0.15) is 4.31 Å². The number of esters is 1. The molecule has 0 spiro atoms. The van der Waals surface area contributed by atoms with Crippen molar-refractivity contribution in [3.8, 4) is 5.75 Å². The second kappa shape index (κ2) is 7.19. The Bertz CT molecular complexity index is 860. The Hall–Kier alpha value is -1.84. The van der Waals surface area contributed by atoms with Crippen molar-refractivity contribution in [2.24, 2.45) is 5.92 Å². The van der Waals surface area contributed by atoms with E-state index in [-0.39, 0.29) is 23.0 Å². The van der Waals surface area contributed by atoms with Gasteiger partial charge in [-0.05, 0) is 36.4 Å². The maximum Gasteiger partial charge on any atom is 0.314 e. The third-order valence-electron chi connectivity index (χ3n) is 3.99. The van der Waals surface area contributed by atoms with Crippen LogP contribution in [0.3, 0.4) is 0 Å². The van der Waals surface area contributed by atoms with Crippen molar-refractivity contribution in [3.05, 3.63) is 47.3 Å². The minimum Gasteiger partial charge on any atom is -0.426 e. The molecule has 0 radical (unpaired) electrons. The molecule has 1 aromatic carbocycles. The normalized spacial score (nSPS) is 16.7. The molecular formula is C16H15F2NO4S2. The second-order valence-corrected chi connectivity index (χ2v) is 8.72. The van der Waals surface area contributed by atoms with Crippen molar-refractivity contribution in [3.63, 3.8) is 0 Å².